The summed E-state index contributed by atoms with van der Waals surface area (Å²) in [5.41, 5.74) is -1.02. The lowest BCUT2D eigenvalue weighted by molar-refractivity contribution is -0.147. The maximum absolute atomic E-state index is 12.2. The Morgan fingerprint density at radius 3 is 2.39 bits per heavy atom. The number of hydrogen-bond acceptors (Lipinski definition) is 3. The van der Waals surface area contributed by atoms with Crippen LogP contribution in [0.1, 0.15) is 31.1 Å². The Morgan fingerprint density at radius 1 is 1.33 bits per heavy atom. The van der Waals surface area contributed by atoms with E-state index in [9.17, 15) is 14.7 Å². The van der Waals surface area contributed by atoms with Gasteiger partial charge in [0.05, 0.1) is 0 Å². The number of aromatic hydroxyl groups is 1. The van der Waals surface area contributed by atoms with Gasteiger partial charge >= 0.3 is 5.97 Å². The number of hydrogen-bond donors (Lipinski definition) is 2. The number of nitrogens with zero attached hydrogens (tertiary/aromatic N) is 1. The molecule has 0 radical (unpaired) electrons. The van der Waals surface area contributed by atoms with E-state index >= 15 is 0 Å². The van der Waals surface area contributed by atoms with Crippen LogP contribution in [0.2, 0.25) is 0 Å². The number of aliphatic carboxylic acids is 1. The van der Waals surface area contributed by atoms with Gasteiger partial charge in [-0.3, -0.25) is 4.79 Å². The minimum absolute atomic E-state index is 0.0231. The van der Waals surface area contributed by atoms with Crippen LogP contribution in [0, 0.1) is 0 Å². The highest BCUT2D eigenvalue weighted by Crippen LogP contribution is 2.20. The number of benzene rings is 1. The van der Waals surface area contributed by atoms with E-state index in [0.29, 0.717) is 0 Å². The molecule has 1 aromatic carbocycles. The third-order valence-corrected chi connectivity index (χ3v) is 2.85. The molecule has 98 valence electrons. The second-order valence-electron chi connectivity index (χ2n) is 4.46. The molecule has 5 nitrogen and oxygen atoms in total. The largest absolute Gasteiger partial charge is 0.508 e. The molecule has 0 fully saturated rings. The highest BCUT2D eigenvalue weighted by Gasteiger charge is 2.37. The van der Waals surface area contributed by atoms with E-state index in [1.165, 1.54) is 30.9 Å². The molecule has 1 amide bonds. The van der Waals surface area contributed by atoms with E-state index < -0.39 is 17.4 Å². The van der Waals surface area contributed by atoms with Crippen LogP contribution in [-0.4, -0.2) is 39.1 Å². The molecule has 1 rings (SSSR count). The third kappa shape index (κ3) is 2.61. The summed E-state index contributed by atoms with van der Waals surface area (Å²) in [7, 11) is 0. The predicted octanol–water partition coefficient (Wildman–Crippen LogP) is 1.72. The number of rotatable bonds is 4. The molecule has 1 aromatic rings. The molecule has 2 N–H and O–H groups in total. The summed E-state index contributed by atoms with van der Waals surface area (Å²) in [6, 6.07) is 5.87. The SMILES string of the molecule is CCN(C(=O)c1cccc(O)c1)C(C)(C)C(=O)O. The number of amides is 1. The molecule has 0 saturated carbocycles. The number of carboxylic acids is 1. The summed E-state index contributed by atoms with van der Waals surface area (Å²) < 4.78 is 0. The maximum Gasteiger partial charge on any atom is 0.329 e. The average molecular weight is 251 g/mol. The third-order valence-electron chi connectivity index (χ3n) is 2.85. The van der Waals surface area contributed by atoms with E-state index in [1.807, 2.05) is 0 Å². The molecule has 0 aliphatic heterocycles. The van der Waals surface area contributed by atoms with Crippen LogP contribution >= 0.6 is 0 Å². The predicted molar refractivity (Wildman–Crippen MR) is 66.5 cm³/mol. The Morgan fingerprint density at radius 2 is 1.94 bits per heavy atom. The van der Waals surface area contributed by atoms with E-state index in [1.54, 1.807) is 19.1 Å². The molecule has 5 heteroatoms. The van der Waals surface area contributed by atoms with E-state index in [-0.39, 0.29) is 17.9 Å². The summed E-state index contributed by atoms with van der Waals surface area (Å²) in [5.74, 6) is -1.51. The van der Waals surface area contributed by atoms with Gasteiger partial charge in [-0.25, -0.2) is 4.79 Å². The van der Waals surface area contributed by atoms with Crippen LogP contribution < -0.4 is 0 Å². The lowest BCUT2D eigenvalue weighted by atomic mass is 10.0. The van der Waals surface area contributed by atoms with Crippen LogP contribution in [0.5, 0.6) is 5.75 Å². The summed E-state index contributed by atoms with van der Waals surface area (Å²) in [4.78, 5) is 24.7. The van der Waals surface area contributed by atoms with Crippen molar-refractivity contribution in [3.63, 3.8) is 0 Å². The standard InChI is InChI=1S/C13H17NO4/c1-4-14(13(2,3)12(17)18)11(16)9-6-5-7-10(15)8-9/h5-8,15H,4H2,1-3H3,(H,17,18). The van der Waals surface area contributed by atoms with Crippen LogP contribution in [0.4, 0.5) is 0 Å². The molecule has 0 atom stereocenters. The smallest absolute Gasteiger partial charge is 0.329 e. The fourth-order valence-corrected chi connectivity index (χ4v) is 1.70. The first-order valence-electron chi connectivity index (χ1n) is 5.65. The van der Waals surface area contributed by atoms with Crippen molar-refractivity contribution in [3.8, 4) is 5.75 Å². The molecule has 0 aromatic heterocycles. The minimum Gasteiger partial charge on any atom is -0.508 e. The van der Waals surface area contributed by atoms with Crippen molar-refractivity contribution in [2.24, 2.45) is 0 Å². The van der Waals surface area contributed by atoms with E-state index in [4.69, 9.17) is 5.11 Å². The number of likely N-dealkylation sites (N-methyl/N-ethyl adjacent to an activating group) is 1. The second kappa shape index (κ2) is 5.08. The number of phenolic OH excluding ortho intramolecular Hbond substituents is 1. The van der Waals surface area contributed by atoms with Crippen molar-refractivity contribution < 1.29 is 19.8 Å². The zero-order valence-corrected chi connectivity index (χ0v) is 10.7. The van der Waals surface area contributed by atoms with Gasteiger partial charge < -0.3 is 15.1 Å². The van der Waals surface area contributed by atoms with Crippen LogP contribution in [0.25, 0.3) is 0 Å². The zero-order chi connectivity index (χ0) is 13.9. The van der Waals surface area contributed by atoms with Crippen molar-refractivity contribution in [1.29, 1.82) is 0 Å². The van der Waals surface area contributed by atoms with E-state index in [2.05, 4.69) is 0 Å². The lowest BCUT2D eigenvalue weighted by Crippen LogP contribution is -2.52. The van der Waals surface area contributed by atoms with Gasteiger partial charge in [-0.15, -0.1) is 0 Å². The summed E-state index contributed by atoms with van der Waals surface area (Å²) in [5, 5.41) is 18.5. The second-order valence-corrected chi connectivity index (χ2v) is 4.46. The minimum atomic E-state index is -1.29. The summed E-state index contributed by atoms with van der Waals surface area (Å²) in [6.07, 6.45) is 0. The number of carboxylic acid groups (broad SMARTS) is 1. The quantitative estimate of drug-likeness (QED) is 0.854. The molecular weight excluding hydrogens is 234 g/mol. The highest BCUT2D eigenvalue weighted by atomic mass is 16.4. The summed E-state index contributed by atoms with van der Waals surface area (Å²) >= 11 is 0. The Bertz CT molecular complexity index is 468. The van der Waals surface area contributed by atoms with Gasteiger partial charge in [-0.05, 0) is 39.0 Å². The summed E-state index contributed by atoms with van der Waals surface area (Å²) in [6.45, 7) is 4.93. The molecule has 0 heterocycles. The monoisotopic (exact) mass is 251 g/mol. The zero-order valence-electron chi connectivity index (χ0n) is 10.7. The van der Waals surface area contributed by atoms with Gasteiger partial charge in [0.25, 0.3) is 5.91 Å². The van der Waals surface area contributed by atoms with Gasteiger partial charge in [0.2, 0.25) is 0 Å². The lowest BCUT2D eigenvalue weighted by Gasteiger charge is -2.34. The van der Waals surface area contributed by atoms with Crippen molar-refractivity contribution in [1.82, 2.24) is 4.90 Å². The topological polar surface area (TPSA) is 77.8 Å². The molecule has 0 saturated heterocycles. The van der Waals surface area contributed by atoms with Crippen LogP contribution in [0.15, 0.2) is 24.3 Å². The molecule has 0 spiro atoms. The molecule has 0 unspecified atom stereocenters. The van der Waals surface area contributed by atoms with Gasteiger partial charge in [-0.2, -0.15) is 0 Å². The molecule has 0 bridgehead atoms. The van der Waals surface area contributed by atoms with Crippen LogP contribution in [0.3, 0.4) is 0 Å². The maximum atomic E-state index is 12.2. The Labute approximate surface area is 106 Å². The van der Waals surface area contributed by atoms with Crippen LogP contribution in [-0.2, 0) is 4.79 Å². The average Bonchev–Trinajstić information content (AvgIpc) is 2.29. The number of carbonyl (C=O) groups excluding carboxylic acids is 1. The number of carbonyl (C=O) groups is 2. The number of phenols is 1. The first kappa shape index (κ1) is 14.0. The molecular formula is C13H17NO4. The van der Waals surface area contributed by atoms with Gasteiger partial charge in [0, 0.05) is 12.1 Å². The van der Waals surface area contributed by atoms with Crippen molar-refractivity contribution >= 4 is 11.9 Å². The normalized spacial score (nSPS) is 11.1. The Kier molecular flexibility index (Phi) is 3.96. The van der Waals surface area contributed by atoms with Crippen molar-refractivity contribution in [2.75, 3.05) is 6.54 Å². The van der Waals surface area contributed by atoms with E-state index in [0.717, 1.165) is 0 Å². The van der Waals surface area contributed by atoms with Gasteiger partial charge in [0.1, 0.15) is 11.3 Å². The first-order valence-corrected chi connectivity index (χ1v) is 5.65. The van der Waals surface area contributed by atoms with Crippen molar-refractivity contribution in [2.45, 2.75) is 26.3 Å². The molecule has 0 aliphatic carbocycles. The van der Waals surface area contributed by atoms with Gasteiger partial charge in [-0.1, -0.05) is 6.07 Å². The highest BCUT2D eigenvalue weighted by molar-refractivity contribution is 5.97. The van der Waals surface area contributed by atoms with Gasteiger partial charge in [0.15, 0.2) is 0 Å². The molecule has 0 aliphatic rings. The van der Waals surface area contributed by atoms with Crippen molar-refractivity contribution in [3.05, 3.63) is 29.8 Å². The molecule has 18 heavy (non-hydrogen) atoms. The fourth-order valence-electron chi connectivity index (χ4n) is 1.70. The Hall–Kier alpha value is -2.04. The fraction of sp³-hybridized carbons (Fsp3) is 0.385. The Balaban J connectivity index is 3.11. The first-order chi connectivity index (χ1) is 8.30.